The smallest absolute Gasteiger partial charge is 0.231 e. The molecule has 0 atom stereocenters. The number of nitrogens with zero attached hydrogens (tertiary/aromatic N) is 15. The number of unbranched alkanes of at least 4 members (excludes halogenated alkanes) is 3. The van der Waals surface area contributed by atoms with Crippen LogP contribution in [0.2, 0.25) is 0 Å². The van der Waals surface area contributed by atoms with Gasteiger partial charge >= 0.3 is 0 Å². The third-order valence-corrected chi connectivity index (χ3v) is 17.2. The molecule has 11 rings (SSSR count). The van der Waals surface area contributed by atoms with Crippen LogP contribution in [0.1, 0.15) is 116 Å². The van der Waals surface area contributed by atoms with Crippen LogP contribution < -0.4 is 14.5 Å². The second kappa shape index (κ2) is 37.8. The van der Waals surface area contributed by atoms with Crippen LogP contribution in [0.25, 0.3) is 9.53 Å². The normalized spacial score (nSPS) is 12.5. The molecule has 1 aliphatic rings. The first-order valence-corrected chi connectivity index (χ1v) is 34.7. The van der Waals surface area contributed by atoms with E-state index in [1.165, 1.54) is 102 Å². The van der Waals surface area contributed by atoms with Crippen molar-refractivity contribution in [2.45, 2.75) is 119 Å². The van der Waals surface area contributed by atoms with Crippen molar-refractivity contribution < 1.29 is 4.74 Å². The van der Waals surface area contributed by atoms with E-state index in [1.807, 2.05) is 140 Å². The van der Waals surface area contributed by atoms with Crippen molar-refractivity contribution in [3.05, 3.63) is 217 Å². The number of hydrogen-bond acceptors (Lipinski definition) is 18. The number of ether oxygens (including phenoxy) is 1. The van der Waals surface area contributed by atoms with E-state index in [2.05, 4.69) is 178 Å². The van der Waals surface area contributed by atoms with Gasteiger partial charge in [0.05, 0.1) is 68.2 Å². The Balaban J connectivity index is 0.000000166. The zero-order valence-corrected chi connectivity index (χ0v) is 56.6. The Hall–Kier alpha value is -9.65. The summed E-state index contributed by atoms with van der Waals surface area (Å²) in [5, 5.41) is 53.4. The first-order chi connectivity index (χ1) is 46.2. The van der Waals surface area contributed by atoms with E-state index in [4.69, 9.17) is 4.74 Å². The summed E-state index contributed by atoms with van der Waals surface area (Å²) >= 11 is 3.03. The van der Waals surface area contributed by atoms with E-state index in [0.717, 1.165) is 136 Å². The lowest BCUT2D eigenvalue weighted by atomic mass is 10.1. The Morgan fingerprint density at radius 2 is 0.723 bits per heavy atom. The average molecular weight is 1290 g/mol. The van der Waals surface area contributed by atoms with Gasteiger partial charge in [-0.2, -0.15) is 40.9 Å². The quantitative estimate of drug-likeness (QED) is 0.0444. The highest BCUT2D eigenvalue weighted by Gasteiger charge is 2.13. The van der Waals surface area contributed by atoms with Crippen molar-refractivity contribution in [1.82, 2.24) is 4.98 Å². The highest BCUT2D eigenvalue weighted by molar-refractivity contribution is 7.30. The molecular formula is C76H85N15OS2. The van der Waals surface area contributed by atoms with Crippen molar-refractivity contribution in [3.8, 4) is 5.75 Å². The molecule has 1 saturated heterocycles. The molecule has 3 heterocycles. The number of thiazole rings is 1. The Morgan fingerprint density at radius 1 is 0.383 bits per heavy atom. The number of fused-ring (bicyclic) bond motifs is 1. The molecular weight excluding hydrogens is 1200 g/mol. The number of aromatic nitrogens is 1. The highest BCUT2D eigenvalue weighted by Crippen LogP contribution is 2.40. The standard InChI is InChI=1S/C26H29N5.C25H28N6S2.C25H28N4O/c1-2-3-6-21-7-9-22(10-8-21)27-28-23-11-13-24(14-12-23)29-30-25-15-17-26(18-16-25)31-19-4-5-20-31;1-4-7-8-18-9-11-19(12-10-18)27-29-23-17-22-24(33-23)26-25(32-22)30-28-20-13-15-21(16-14-20)31(5-2)6-3;1-3-5-6-20-7-9-21(10-8-20)26-27-22-11-13-23(14-12-22)28-29-24-15-17-25(18-16-24)30-19-4-2/h7-18H,2-6,19-20H2,1H3;9-17H,4-8H2,1-3H3;7-18H,3-6,19H2,1-2H3. The summed E-state index contributed by atoms with van der Waals surface area (Å²) in [6, 6.07) is 66.1. The number of anilines is 2. The highest BCUT2D eigenvalue weighted by atomic mass is 32.1. The van der Waals surface area contributed by atoms with Crippen LogP contribution in [-0.4, -0.2) is 37.8 Å². The lowest BCUT2D eigenvalue weighted by molar-refractivity contribution is 0.317. The maximum absolute atomic E-state index is 5.57. The SMILES string of the molecule is CCCCc1ccc(N=Nc2cc3sc(N=Nc4ccc(N(CC)CC)cc4)nc3s2)cc1.CCCCc1ccc(N=Nc2ccc(N=Nc3ccc(N4CCCC4)cc3)cc2)cc1.CCCCc1ccc(N=Nc2ccc(N=Nc3ccc(OCCC)cc3)cc2)cc1. The first kappa shape index (κ1) is 68.7. The van der Waals surface area contributed by atoms with Gasteiger partial charge in [0.15, 0.2) is 0 Å². The Morgan fingerprint density at radius 3 is 1.09 bits per heavy atom. The van der Waals surface area contributed by atoms with Crippen LogP contribution in [0.4, 0.5) is 78.4 Å². The number of rotatable bonds is 28. The summed E-state index contributed by atoms with van der Waals surface area (Å²) in [5.41, 5.74) is 14.7. The molecule has 8 aromatic carbocycles. The summed E-state index contributed by atoms with van der Waals surface area (Å²) < 4.78 is 6.62. The number of benzene rings is 8. The Bertz CT molecular complexity index is 3890. The topological polar surface area (TPSA) is 177 Å². The fraction of sp³-hybridized carbons (Fsp3) is 0.303. The molecule has 0 unspecified atom stereocenters. The lowest BCUT2D eigenvalue weighted by Crippen LogP contribution is -2.21. The monoisotopic (exact) mass is 1290 g/mol. The van der Waals surface area contributed by atoms with Crippen molar-refractivity contribution in [3.63, 3.8) is 0 Å². The summed E-state index contributed by atoms with van der Waals surface area (Å²) in [7, 11) is 0. The van der Waals surface area contributed by atoms with E-state index in [0.29, 0.717) is 5.13 Å². The maximum Gasteiger partial charge on any atom is 0.231 e. The molecule has 16 nitrogen and oxygen atoms in total. The summed E-state index contributed by atoms with van der Waals surface area (Å²) in [6.07, 6.45) is 14.2. The Labute approximate surface area is 562 Å². The minimum Gasteiger partial charge on any atom is -0.494 e. The fourth-order valence-electron chi connectivity index (χ4n) is 9.83. The molecule has 0 spiro atoms. The predicted molar refractivity (Wildman–Crippen MR) is 391 cm³/mol. The molecule has 0 radical (unpaired) electrons. The van der Waals surface area contributed by atoms with Crippen molar-refractivity contribution >= 4 is 111 Å². The Kier molecular flexibility index (Phi) is 27.6. The maximum atomic E-state index is 5.57. The number of azo groups is 6. The molecule has 0 aliphatic carbocycles. The molecule has 10 aromatic rings. The second-order valence-electron chi connectivity index (χ2n) is 22.5. The van der Waals surface area contributed by atoms with Gasteiger partial charge in [-0.1, -0.05) is 106 Å². The van der Waals surface area contributed by atoms with Crippen molar-refractivity contribution in [1.29, 1.82) is 0 Å². The third-order valence-electron chi connectivity index (χ3n) is 15.3. The summed E-state index contributed by atoms with van der Waals surface area (Å²) in [5.74, 6) is 0.848. The molecule has 18 heteroatoms. The second-order valence-corrected chi connectivity index (χ2v) is 24.6. The molecule has 94 heavy (non-hydrogen) atoms. The van der Waals surface area contributed by atoms with Gasteiger partial charge in [-0.05, 0) is 252 Å². The van der Waals surface area contributed by atoms with Crippen LogP contribution >= 0.6 is 22.7 Å². The fourth-order valence-corrected chi connectivity index (χ4v) is 11.7. The van der Waals surface area contributed by atoms with E-state index < -0.39 is 0 Å². The van der Waals surface area contributed by atoms with Crippen LogP contribution in [0.15, 0.2) is 262 Å². The zero-order valence-electron chi connectivity index (χ0n) is 55.0. The van der Waals surface area contributed by atoms with E-state index in [9.17, 15) is 0 Å². The average Bonchev–Trinajstić information content (AvgIpc) is 1.81. The van der Waals surface area contributed by atoms with Gasteiger partial charge < -0.3 is 14.5 Å². The van der Waals surface area contributed by atoms with Crippen molar-refractivity contribution in [2.24, 2.45) is 61.4 Å². The summed E-state index contributed by atoms with van der Waals surface area (Å²) in [6.45, 7) is 18.0. The minimum atomic E-state index is 0.648. The van der Waals surface area contributed by atoms with E-state index >= 15 is 0 Å². The summed E-state index contributed by atoms with van der Waals surface area (Å²) in [4.78, 5) is 10.2. The van der Waals surface area contributed by atoms with E-state index in [-0.39, 0.29) is 0 Å². The first-order valence-electron chi connectivity index (χ1n) is 33.1. The molecule has 482 valence electrons. The minimum absolute atomic E-state index is 0.648. The predicted octanol–water partition coefficient (Wildman–Crippen LogP) is 26.5. The molecule has 0 N–H and O–H groups in total. The molecule has 0 saturated carbocycles. The van der Waals surface area contributed by atoms with Crippen LogP contribution in [0.3, 0.4) is 0 Å². The molecule has 0 bridgehead atoms. The van der Waals surface area contributed by atoms with Crippen LogP contribution in [-0.2, 0) is 19.3 Å². The molecule has 0 amide bonds. The molecule has 2 aromatic heterocycles. The van der Waals surface area contributed by atoms with Gasteiger partial charge in [-0.3, -0.25) is 0 Å². The van der Waals surface area contributed by atoms with Gasteiger partial charge in [-0.15, -0.1) is 20.5 Å². The van der Waals surface area contributed by atoms with Crippen LogP contribution in [0.5, 0.6) is 5.75 Å². The van der Waals surface area contributed by atoms with E-state index in [1.54, 1.807) is 0 Å². The number of aryl methyl sites for hydroxylation is 3. The van der Waals surface area contributed by atoms with Gasteiger partial charge in [0, 0.05) is 37.6 Å². The van der Waals surface area contributed by atoms with Gasteiger partial charge in [0.2, 0.25) is 5.13 Å². The molecule has 1 aliphatic heterocycles. The number of hydrogen-bond donors (Lipinski definition) is 0. The molecule has 1 fully saturated rings. The zero-order chi connectivity index (χ0) is 65.4. The number of thiophene rings is 1. The lowest BCUT2D eigenvalue weighted by Gasteiger charge is -2.20. The van der Waals surface area contributed by atoms with Gasteiger partial charge in [0.25, 0.3) is 0 Å². The third kappa shape index (κ3) is 22.6. The van der Waals surface area contributed by atoms with Crippen molar-refractivity contribution in [2.75, 3.05) is 42.6 Å². The van der Waals surface area contributed by atoms with Gasteiger partial charge in [0.1, 0.15) is 15.6 Å². The largest absolute Gasteiger partial charge is 0.494 e. The van der Waals surface area contributed by atoms with Crippen LogP contribution in [0, 0.1) is 0 Å². The van der Waals surface area contributed by atoms with Gasteiger partial charge in [-0.25, -0.2) is 4.98 Å².